The van der Waals surface area contributed by atoms with Gasteiger partial charge in [0.05, 0.1) is 6.54 Å². The van der Waals surface area contributed by atoms with Crippen LogP contribution < -0.4 is 5.32 Å². The Morgan fingerprint density at radius 2 is 2.11 bits per heavy atom. The maximum Gasteiger partial charge on any atom is 0.320 e. The van der Waals surface area contributed by atoms with Gasteiger partial charge in [0, 0.05) is 11.6 Å². The van der Waals surface area contributed by atoms with Crippen molar-refractivity contribution in [3.63, 3.8) is 0 Å². The van der Waals surface area contributed by atoms with E-state index < -0.39 is 5.60 Å². The molecule has 100 valence electrons. The Labute approximate surface area is 112 Å². The molecule has 0 unspecified atom stereocenters. The van der Waals surface area contributed by atoms with Crippen molar-refractivity contribution in [2.24, 2.45) is 0 Å². The van der Waals surface area contributed by atoms with Crippen LogP contribution in [0.2, 0.25) is 5.02 Å². The Balaban J connectivity index is 2.40. The van der Waals surface area contributed by atoms with Gasteiger partial charge in [-0.2, -0.15) is 0 Å². The molecule has 5 heteroatoms. The summed E-state index contributed by atoms with van der Waals surface area (Å²) in [4.78, 5) is 11.4. The van der Waals surface area contributed by atoms with Crippen LogP contribution >= 0.6 is 11.6 Å². The lowest BCUT2D eigenvalue weighted by Gasteiger charge is -2.19. The molecule has 0 aliphatic carbocycles. The SMILES string of the molecule is CC(C)(C)OC(=O)CNCc1ccc(O)cc1Cl. The first-order chi connectivity index (χ1) is 8.28. The summed E-state index contributed by atoms with van der Waals surface area (Å²) in [5, 5.41) is 12.6. The maximum atomic E-state index is 11.4. The van der Waals surface area contributed by atoms with Crippen molar-refractivity contribution in [2.75, 3.05) is 6.54 Å². The molecule has 0 amide bonds. The summed E-state index contributed by atoms with van der Waals surface area (Å²) in [6.07, 6.45) is 0. The molecule has 18 heavy (non-hydrogen) atoms. The first-order valence-electron chi connectivity index (χ1n) is 5.68. The van der Waals surface area contributed by atoms with Crippen LogP contribution in [-0.2, 0) is 16.1 Å². The van der Waals surface area contributed by atoms with E-state index in [1.807, 2.05) is 20.8 Å². The lowest BCUT2D eigenvalue weighted by Crippen LogP contribution is -2.31. The van der Waals surface area contributed by atoms with Crippen molar-refractivity contribution >= 4 is 17.6 Å². The number of ether oxygens (including phenoxy) is 1. The van der Waals surface area contributed by atoms with Crippen molar-refractivity contribution in [1.82, 2.24) is 5.32 Å². The smallest absolute Gasteiger partial charge is 0.320 e. The van der Waals surface area contributed by atoms with E-state index in [2.05, 4.69) is 5.32 Å². The highest BCUT2D eigenvalue weighted by Gasteiger charge is 2.15. The number of aromatic hydroxyl groups is 1. The summed E-state index contributed by atoms with van der Waals surface area (Å²) in [6, 6.07) is 4.72. The molecule has 0 spiro atoms. The van der Waals surface area contributed by atoms with Gasteiger partial charge in [0.15, 0.2) is 0 Å². The number of carbonyl (C=O) groups excluding carboxylic acids is 1. The lowest BCUT2D eigenvalue weighted by molar-refractivity contribution is -0.153. The molecular weight excluding hydrogens is 254 g/mol. The Hall–Kier alpha value is -1.26. The monoisotopic (exact) mass is 271 g/mol. The third kappa shape index (κ3) is 5.38. The fourth-order valence-electron chi connectivity index (χ4n) is 1.36. The van der Waals surface area contributed by atoms with Crippen LogP contribution in [0.4, 0.5) is 0 Å². The van der Waals surface area contributed by atoms with Crippen molar-refractivity contribution in [2.45, 2.75) is 32.9 Å². The number of esters is 1. The van der Waals surface area contributed by atoms with Gasteiger partial charge in [-0.05, 0) is 38.5 Å². The molecule has 0 aliphatic heterocycles. The third-order valence-electron chi connectivity index (χ3n) is 2.04. The topological polar surface area (TPSA) is 58.6 Å². The Bertz CT molecular complexity index is 427. The van der Waals surface area contributed by atoms with Crippen molar-refractivity contribution < 1.29 is 14.6 Å². The van der Waals surface area contributed by atoms with E-state index in [9.17, 15) is 9.90 Å². The van der Waals surface area contributed by atoms with E-state index in [4.69, 9.17) is 16.3 Å². The highest BCUT2D eigenvalue weighted by Crippen LogP contribution is 2.21. The second-order valence-corrected chi connectivity index (χ2v) is 5.37. The number of rotatable bonds is 4. The molecule has 1 aromatic rings. The summed E-state index contributed by atoms with van der Waals surface area (Å²) in [6.45, 7) is 6.03. The number of phenols is 1. The van der Waals surface area contributed by atoms with Crippen molar-refractivity contribution in [1.29, 1.82) is 0 Å². The Morgan fingerprint density at radius 3 is 2.67 bits per heavy atom. The number of benzene rings is 1. The zero-order chi connectivity index (χ0) is 13.8. The number of carbonyl (C=O) groups is 1. The summed E-state index contributed by atoms with van der Waals surface area (Å²) in [7, 11) is 0. The fourth-order valence-corrected chi connectivity index (χ4v) is 1.60. The van der Waals surface area contributed by atoms with Crippen LogP contribution in [0.5, 0.6) is 5.75 Å². The molecule has 1 rings (SSSR count). The molecule has 0 aliphatic rings. The second kappa shape index (κ2) is 6.07. The molecule has 0 atom stereocenters. The average Bonchev–Trinajstić information content (AvgIpc) is 2.18. The normalized spacial score (nSPS) is 11.3. The first kappa shape index (κ1) is 14.8. The van der Waals surface area contributed by atoms with Gasteiger partial charge in [0.1, 0.15) is 11.4 Å². The zero-order valence-corrected chi connectivity index (χ0v) is 11.5. The van der Waals surface area contributed by atoms with E-state index >= 15 is 0 Å². The molecule has 1 aromatic carbocycles. The number of hydrogen-bond donors (Lipinski definition) is 2. The molecule has 0 heterocycles. The van der Waals surface area contributed by atoms with Crippen LogP contribution in [0, 0.1) is 0 Å². The highest BCUT2D eigenvalue weighted by atomic mass is 35.5. The van der Waals surface area contributed by atoms with Gasteiger partial charge in [-0.15, -0.1) is 0 Å². The Kier molecular flexibility index (Phi) is 4.99. The molecule has 4 nitrogen and oxygen atoms in total. The van der Waals surface area contributed by atoms with Crippen LogP contribution in [-0.4, -0.2) is 23.2 Å². The minimum absolute atomic E-state index is 0.120. The minimum atomic E-state index is -0.477. The van der Waals surface area contributed by atoms with Crippen LogP contribution in [0.1, 0.15) is 26.3 Å². The van der Waals surface area contributed by atoms with Gasteiger partial charge in [-0.25, -0.2) is 0 Å². The van der Waals surface area contributed by atoms with Crippen LogP contribution in [0.15, 0.2) is 18.2 Å². The van der Waals surface area contributed by atoms with Gasteiger partial charge < -0.3 is 15.2 Å². The first-order valence-corrected chi connectivity index (χ1v) is 6.06. The number of halogens is 1. The van der Waals surface area contributed by atoms with Gasteiger partial charge in [0.2, 0.25) is 0 Å². The summed E-state index contributed by atoms with van der Waals surface area (Å²) in [5.41, 5.74) is 0.340. The quantitative estimate of drug-likeness (QED) is 0.826. The number of phenolic OH excluding ortho intramolecular Hbond substituents is 1. The minimum Gasteiger partial charge on any atom is -0.508 e. The predicted octanol–water partition coefficient (Wildman–Crippen LogP) is 2.48. The largest absolute Gasteiger partial charge is 0.508 e. The predicted molar refractivity (Wildman–Crippen MR) is 70.7 cm³/mol. The summed E-state index contributed by atoms with van der Waals surface area (Å²) >= 11 is 5.94. The van der Waals surface area contributed by atoms with Gasteiger partial charge in [0.25, 0.3) is 0 Å². The molecular formula is C13H18ClNO3. The second-order valence-electron chi connectivity index (χ2n) is 4.97. The lowest BCUT2D eigenvalue weighted by atomic mass is 10.2. The maximum absolute atomic E-state index is 11.4. The van der Waals surface area contributed by atoms with Gasteiger partial charge >= 0.3 is 5.97 Å². The standard InChI is InChI=1S/C13H18ClNO3/c1-13(2,3)18-12(17)8-15-7-9-4-5-10(16)6-11(9)14/h4-6,15-16H,7-8H2,1-3H3. The molecule has 0 bridgehead atoms. The molecule has 0 fully saturated rings. The van der Waals surface area contributed by atoms with Gasteiger partial charge in [-0.1, -0.05) is 17.7 Å². The van der Waals surface area contributed by atoms with E-state index in [0.29, 0.717) is 11.6 Å². The van der Waals surface area contributed by atoms with E-state index in [-0.39, 0.29) is 18.3 Å². The zero-order valence-electron chi connectivity index (χ0n) is 10.8. The van der Waals surface area contributed by atoms with E-state index in [1.54, 1.807) is 12.1 Å². The van der Waals surface area contributed by atoms with Crippen LogP contribution in [0.3, 0.4) is 0 Å². The molecule has 0 radical (unpaired) electrons. The fraction of sp³-hybridized carbons (Fsp3) is 0.462. The Morgan fingerprint density at radius 1 is 1.44 bits per heavy atom. The molecule has 2 N–H and O–H groups in total. The molecule has 0 saturated heterocycles. The molecule has 0 aromatic heterocycles. The number of nitrogens with one attached hydrogen (secondary N) is 1. The van der Waals surface area contributed by atoms with Gasteiger partial charge in [-0.3, -0.25) is 4.79 Å². The third-order valence-corrected chi connectivity index (χ3v) is 2.39. The van der Waals surface area contributed by atoms with E-state index in [0.717, 1.165) is 5.56 Å². The molecule has 0 saturated carbocycles. The summed E-state index contributed by atoms with van der Waals surface area (Å²) in [5.74, 6) is -0.187. The highest BCUT2D eigenvalue weighted by molar-refractivity contribution is 6.31. The van der Waals surface area contributed by atoms with E-state index in [1.165, 1.54) is 6.07 Å². The van der Waals surface area contributed by atoms with Crippen LogP contribution in [0.25, 0.3) is 0 Å². The van der Waals surface area contributed by atoms with Crippen molar-refractivity contribution in [3.8, 4) is 5.75 Å². The number of hydrogen-bond acceptors (Lipinski definition) is 4. The average molecular weight is 272 g/mol. The summed E-state index contributed by atoms with van der Waals surface area (Å²) < 4.78 is 5.15. The van der Waals surface area contributed by atoms with Crippen molar-refractivity contribution in [3.05, 3.63) is 28.8 Å².